The van der Waals surface area contributed by atoms with Gasteiger partial charge in [0.25, 0.3) is 0 Å². The van der Waals surface area contributed by atoms with E-state index in [1.807, 2.05) is 24.3 Å². The number of oxime groups is 1. The predicted octanol–water partition coefficient (Wildman–Crippen LogP) is 5.76. The van der Waals surface area contributed by atoms with Crippen molar-refractivity contribution in [3.63, 3.8) is 0 Å². The highest BCUT2D eigenvalue weighted by molar-refractivity contribution is 8.03. The first kappa shape index (κ1) is 20.3. The van der Waals surface area contributed by atoms with Crippen molar-refractivity contribution in [2.75, 3.05) is 18.6 Å². The number of methoxy groups -OCH3 is 1. The van der Waals surface area contributed by atoms with E-state index in [9.17, 15) is 10.0 Å². The van der Waals surface area contributed by atoms with Crippen molar-refractivity contribution >= 4 is 46.9 Å². The van der Waals surface area contributed by atoms with Crippen LogP contribution in [-0.2, 0) is 6.42 Å². The lowest BCUT2D eigenvalue weighted by molar-refractivity contribution is 0.112. The Labute approximate surface area is 182 Å². The van der Waals surface area contributed by atoms with Gasteiger partial charge < -0.3 is 9.94 Å². The van der Waals surface area contributed by atoms with Crippen molar-refractivity contribution in [1.82, 2.24) is 0 Å². The SMILES string of the molecule is COc1ccc(C2C/C(=N\O)c3c(SCC4=CC=CSC4)sc(C=O)c3C2)cc1. The minimum atomic E-state index is 0.174. The number of thiophene rings is 1. The average Bonchev–Trinajstić information content (AvgIpc) is 3.15. The largest absolute Gasteiger partial charge is 0.497 e. The second-order valence-electron chi connectivity index (χ2n) is 6.90. The Bertz CT molecular complexity index is 989. The zero-order valence-electron chi connectivity index (χ0n) is 16.0. The molecule has 1 atom stereocenters. The molecule has 1 aromatic heterocycles. The molecule has 0 spiro atoms. The zero-order valence-corrected chi connectivity index (χ0v) is 18.4. The molecule has 150 valence electrons. The summed E-state index contributed by atoms with van der Waals surface area (Å²) >= 11 is 5.05. The standard InChI is InChI=1S/C22H21NO3S3/c1-26-17-6-4-15(5-7-17)16-9-18-20(11-24)29-22(21(18)19(10-16)23-25)28-13-14-3-2-8-27-12-14/h2-8,11,16,25H,9-10,12-13H2,1H3/b23-19+. The normalized spacial score (nSPS) is 19.7. The summed E-state index contributed by atoms with van der Waals surface area (Å²) in [6, 6.07) is 7.99. The molecule has 1 aliphatic heterocycles. The van der Waals surface area contributed by atoms with Crippen molar-refractivity contribution in [3.05, 3.63) is 69.0 Å². The Morgan fingerprint density at radius 2 is 2.14 bits per heavy atom. The van der Waals surface area contributed by atoms with Crippen LogP contribution in [0.3, 0.4) is 0 Å². The average molecular weight is 444 g/mol. The van der Waals surface area contributed by atoms with Crippen LogP contribution < -0.4 is 4.74 Å². The molecule has 4 nitrogen and oxygen atoms in total. The van der Waals surface area contributed by atoms with Gasteiger partial charge in [-0.05, 0) is 46.6 Å². The Kier molecular flexibility index (Phi) is 6.47. The van der Waals surface area contributed by atoms with Gasteiger partial charge in [-0.2, -0.15) is 0 Å². The van der Waals surface area contributed by atoms with Crippen LogP contribution in [0, 0.1) is 0 Å². The second-order valence-corrected chi connectivity index (χ2v) is 10.1. The summed E-state index contributed by atoms with van der Waals surface area (Å²) in [6.45, 7) is 0. The molecule has 1 aromatic carbocycles. The summed E-state index contributed by atoms with van der Waals surface area (Å²) in [5.74, 6) is 2.86. The van der Waals surface area contributed by atoms with Gasteiger partial charge >= 0.3 is 0 Å². The van der Waals surface area contributed by atoms with Gasteiger partial charge in [0.2, 0.25) is 0 Å². The van der Waals surface area contributed by atoms with Crippen LogP contribution in [-0.4, -0.2) is 35.8 Å². The summed E-state index contributed by atoms with van der Waals surface area (Å²) in [7, 11) is 1.65. The zero-order chi connectivity index (χ0) is 20.2. The van der Waals surface area contributed by atoms with Crippen LogP contribution >= 0.6 is 34.9 Å². The van der Waals surface area contributed by atoms with E-state index >= 15 is 0 Å². The van der Waals surface area contributed by atoms with Crippen LogP contribution in [0.5, 0.6) is 5.75 Å². The van der Waals surface area contributed by atoms with E-state index < -0.39 is 0 Å². The van der Waals surface area contributed by atoms with Crippen LogP contribution in [0.15, 0.2) is 56.8 Å². The smallest absolute Gasteiger partial charge is 0.160 e. The molecular formula is C22H21NO3S3. The summed E-state index contributed by atoms with van der Waals surface area (Å²) in [5, 5.41) is 15.5. The van der Waals surface area contributed by atoms with Crippen molar-refractivity contribution in [2.45, 2.75) is 23.0 Å². The Morgan fingerprint density at radius 1 is 1.31 bits per heavy atom. The van der Waals surface area contributed by atoms with Gasteiger partial charge in [0.1, 0.15) is 5.75 Å². The van der Waals surface area contributed by atoms with E-state index in [1.165, 1.54) is 16.9 Å². The molecule has 2 heterocycles. The Hall–Kier alpha value is -1.96. The number of aldehydes is 1. The number of ether oxygens (including phenoxy) is 1. The van der Waals surface area contributed by atoms with E-state index in [0.717, 1.165) is 55.7 Å². The molecule has 2 aromatic rings. The van der Waals surface area contributed by atoms with E-state index in [0.29, 0.717) is 12.1 Å². The van der Waals surface area contributed by atoms with Crippen molar-refractivity contribution in [3.8, 4) is 5.75 Å². The van der Waals surface area contributed by atoms with Crippen LogP contribution in [0.2, 0.25) is 0 Å². The van der Waals surface area contributed by atoms with Crippen LogP contribution in [0.25, 0.3) is 0 Å². The molecule has 4 rings (SSSR count). The summed E-state index contributed by atoms with van der Waals surface area (Å²) in [5.41, 5.74) is 5.18. The molecule has 0 saturated carbocycles. The minimum absolute atomic E-state index is 0.174. The number of fused-ring (bicyclic) bond motifs is 1. The number of carbonyl (C=O) groups is 1. The number of thioether (sulfide) groups is 2. The van der Waals surface area contributed by atoms with E-state index in [1.54, 1.807) is 30.6 Å². The number of benzene rings is 1. The molecule has 0 amide bonds. The minimum Gasteiger partial charge on any atom is -0.497 e. The molecule has 0 saturated heterocycles. The molecule has 7 heteroatoms. The highest BCUT2D eigenvalue weighted by atomic mass is 32.2. The number of rotatable bonds is 6. The maximum absolute atomic E-state index is 11.8. The molecular weight excluding hydrogens is 422 g/mol. The topological polar surface area (TPSA) is 58.9 Å². The maximum Gasteiger partial charge on any atom is 0.160 e. The molecule has 1 N–H and O–H groups in total. The van der Waals surface area contributed by atoms with Crippen molar-refractivity contribution < 1.29 is 14.7 Å². The van der Waals surface area contributed by atoms with Gasteiger partial charge in [-0.15, -0.1) is 34.9 Å². The summed E-state index contributed by atoms with van der Waals surface area (Å²) in [4.78, 5) is 12.5. The lowest BCUT2D eigenvalue weighted by Crippen LogP contribution is -2.19. The quantitative estimate of drug-likeness (QED) is 0.266. The van der Waals surface area contributed by atoms with E-state index in [4.69, 9.17) is 4.74 Å². The van der Waals surface area contributed by atoms with E-state index in [-0.39, 0.29) is 5.92 Å². The second kappa shape index (κ2) is 9.24. The fourth-order valence-electron chi connectivity index (χ4n) is 3.69. The highest BCUT2D eigenvalue weighted by Crippen LogP contribution is 2.44. The van der Waals surface area contributed by atoms with Crippen molar-refractivity contribution in [2.24, 2.45) is 5.16 Å². The first-order chi connectivity index (χ1) is 14.2. The monoisotopic (exact) mass is 443 g/mol. The first-order valence-electron chi connectivity index (χ1n) is 9.28. The first-order valence-corrected chi connectivity index (χ1v) is 12.1. The molecule has 0 radical (unpaired) electrons. The van der Waals surface area contributed by atoms with Gasteiger partial charge in [0.05, 0.1) is 21.9 Å². The molecule has 1 unspecified atom stereocenters. The number of allylic oxidation sites excluding steroid dienone is 2. The molecule has 0 fully saturated rings. The lowest BCUT2D eigenvalue weighted by atomic mass is 9.80. The molecule has 2 aliphatic rings. The fraction of sp³-hybridized carbons (Fsp3) is 0.273. The molecule has 1 aliphatic carbocycles. The van der Waals surface area contributed by atoms with Crippen LogP contribution in [0.1, 0.15) is 38.7 Å². The molecule has 0 bridgehead atoms. The van der Waals surface area contributed by atoms with Gasteiger partial charge in [-0.1, -0.05) is 29.4 Å². The predicted molar refractivity (Wildman–Crippen MR) is 122 cm³/mol. The van der Waals surface area contributed by atoms with Gasteiger partial charge in [0, 0.05) is 23.5 Å². The number of carbonyl (C=O) groups excluding carboxylic acids is 1. The third kappa shape index (κ3) is 4.32. The third-order valence-electron chi connectivity index (χ3n) is 5.16. The lowest BCUT2D eigenvalue weighted by Gasteiger charge is -2.25. The molecule has 29 heavy (non-hydrogen) atoms. The fourth-order valence-corrected chi connectivity index (χ4v) is 7.00. The highest BCUT2D eigenvalue weighted by Gasteiger charge is 2.32. The number of hydrogen-bond donors (Lipinski definition) is 1. The van der Waals surface area contributed by atoms with Gasteiger partial charge in [-0.25, -0.2) is 0 Å². The third-order valence-corrected chi connectivity index (χ3v) is 8.59. The number of hydrogen-bond acceptors (Lipinski definition) is 7. The number of nitrogens with zero attached hydrogens (tertiary/aromatic N) is 1. The summed E-state index contributed by atoms with van der Waals surface area (Å²) in [6.07, 6.45) is 6.60. The summed E-state index contributed by atoms with van der Waals surface area (Å²) < 4.78 is 6.32. The Balaban J connectivity index is 1.63. The van der Waals surface area contributed by atoms with Crippen LogP contribution in [0.4, 0.5) is 0 Å². The van der Waals surface area contributed by atoms with Gasteiger partial charge in [0.15, 0.2) is 6.29 Å². The Morgan fingerprint density at radius 3 is 2.79 bits per heavy atom. The van der Waals surface area contributed by atoms with Gasteiger partial charge in [-0.3, -0.25) is 4.79 Å². The van der Waals surface area contributed by atoms with E-state index in [2.05, 4.69) is 22.7 Å². The maximum atomic E-state index is 11.8. The van der Waals surface area contributed by atoms with Crippen molar-refractivity contribution in [1.29, 1.82) is 0 Å².